The lowest BCUT2D eigenvalue weighted by Crippen LogP contribution is -2.32. The molecule has 0 saturated heterocycles. The topological polar surface area (TPSA) is 187 Å². The summed E-state index contributed by atoms with van der Waals surface area (Å²) in [6.07, 6.45) is -2.11. The van der Waals surface area contributed by atoms with Crippen molar-refractivity contribution in [2.45, 2.75) is 6.10 Å². The van der Waals surface area contributed by atoms with Crippen LogP contribution in [0.1, 0.15) is 0 Å². The molecule has 2 heterocycles. The third kappa shape index (κ3) is 3.27. The number of ether oxygens (including phenoxy) is 2. The number of rotatable bonds is 4. The maximum atomic E-state index is 12.5. The molecule has 11 nitrogen and oxygen atoms in total. The molecule has 1 aliphatic rings. The van der Waals surface area contributed by atoms with Gasteiger partial charge in [0.15, 0.2) is 22.7 Å². The third-order valence-corrected chi connectivity index (χ3v) is 4.55. The summed E-state index contributed by atoms with van der Waals surface area (Å²) in [6.45, 7) is 0. The first-order valence-corrected chi connectivity index (χ1v) is 8.90. The van der Waals surface area contributed by atoms with Crippen LogP contribution in [-0.2, 0) is 9.53 Å². The van der Waals surface area contributed by atoms with Gasteiger partial charge in [0.05, 0.1) is 0 Å². The van der Waals surface area contributed by atoms with Gasteiger partial charge in [-0.1, -0.05) is 30.3 Å². The zero-order chi connectivity index (χ0) is 23.2. The molecule has 4 rings (SSSR count). The summed E-state index contributed by atoms with van der Waals surface area (Å²) in [7, 11) is 0. The molecule has 0 amide bonds. The van der Waals surface area contributed by atoms with Gasteiger partial charge < -0.3 is 44.5 Å². The lowest BCUT2D eigenvalue weighted by Gasteiger charge is -2.23. The van der Waals surface area contributed by atoms with Gasteiger partial charge in [-0.2, -0.15) is 0 Å². The van der Waals surface area contributed by atoms with Crippen molar-refractivity contribution >= 4 is 16.9 Å². The molecule has 164 valence electrons. The number of carbonyl (C=O) groups is 1. The summed E-state index contributed by atoms with van der Waals surface area (Å²) in [6, 6.07) is 10.7. The highest BCUT2D eigenvalue weighted by molar-refractivity contribution is 5.89. The van der Waals surface area contributed by atoms with Crippen LogP contribution in [0.2, 0.25) is 0 Å². The second-order valence-corrected chi connectivity index (χ2v) is 6.59. The van der Waals surface area contributed by atoms with Crippen LogP contribution in [-0.4, -0.2) is 42.7 Å². The highest BCUT2D eigenvalue weighted by Gasteiger charge is 2.38. The van der Waals surface area contributed by atoms with Gasteiger partial charge in [0.1, 0.15) is 16.7 Å². The van der Waals surface area contributed by atoms with Crippen LogP contribution >= 0.6 is 0 Å². The minimum absolute atomic E-state index is 0.145. The van der Waals surface area contributed by atoms with E-state index in [0.717, 1.165) is 12.1 Å². The van der Waals surface area contributed by atoms with E-state index < -0.39 is 58.0 Å². The zero-order valence-corrected chi connectivity index (χ0v) is 15.8. The molecule has 3 aromatic rings. The summed E-state index contributed by atoms with van der Waals surface area (Å²) >= 11 is 0. The number of phenolic OH excluding ortho intramolecular Hbond substituents is 2. The van der Waals surface area contributed by atoms with Crippen molar-refractivity contribution < 1.29 is 49.3 Å². The van der Waals surface area contributed by atoms with E-state index >= 15 is 0 Å². The molecule has 2 aromatic carbocycles. The Labute approximate surface area is 177 Å². The minimum atomic E-state index is -2.11. The highest BCUT2D eigenvalue weighted by atomic mass is 16.7. The molecule has 0 radical (unpaired) electrons. The fourth-order valence-electron chi connectivity index (χ4n) is 2.99. The fraction of sp³-hybridized carbons (Fsp3) is 0.0476. The van der Waals surface area contributed by atoms with E-state index in [1.165, 1.54) is 0 Å². The number of fused-ring (bicyclic) bond motifs is 1. The predicted molar refractivity (Wildman–Crippen MR) is 106 cm³/mol. The van der Waals surface area contributed by atoms with E-state index in [2.05, 4.69) is 0 Å². The molecule has 1 aliphatic heterocycles. The summed E-state index contributed by atoms with van der Waals surface area (Å²) < 4.78 is 15.6. The molecule has 1 atom stereocenters. The number of carboxylic acids is 1. The molecule has 0 fully saturated rings. The first-order valence-electron chi connectivity index (χ1n) is 8.90. The van der Waals surface area contributed by atoms with Crippen LogP contribution in [0.15, 0.2) is 74.9 Å². The predicted octanol–water partition coefficient (Wildman–Crippen LogP) is 2.79. The van der Waals surface area contributed by atoms with Crippen molar-refractivity contribution in [3.63, 3.8) is 0 Å². The Morgan fingerprint density at radius 1 is 0.938 bits per heavy atom. The number of aliphatic hydroxyl groups is 3. The largest absolute Gasteiger partial charge is 0.505 e. The number of carboxylic acid groups (broad SMARTS) is 1. The molecule has 6 N–H and O–H groups in total. The van der Waals surface area contributed by atoms with Gasteiger partial charge in [-0.05, 0) is 0 Å². The van der Waals surface area contributed by atoms with Crippen molar-refractivity contribution in [2.75, 3.05) is 0 Å². The van der Waals surface area contributed by atoms with E-state index in [9.17, 15) is 35.1 Å². The lowest BCUT2D eigenvalue weighted by atomic mass is 10.1. The quantitative estimate of drug-likeness (QED) is 0.326. The number of hydrogen-bond donors (Lipinski definition) is 6. The van der Waals surface area contributed by atoms with Crippen LogP contribution in [0.25, 0.3) is 22.3 Å². The SMILES string of the molecule is O=C(O)[C@H]1OC(Oc2cc3oc(-c4ccccc4)cc(=O)c3c(O)c2O)=C(O)C(O)=C1O. The molecule has 11 heteroatoms. The second kappa shape index (κ2) is 7.47. The first-order chi connectivity index (χ1) is 15.2. The number of aliphatic hydroxyl groups excluding tert-OH is 3. The molecular formula is C21H14O11. The summed E-state index contributed by atoms with van der Waals surface area (Å²) in [5.41, 5.74) is -0.334. The minimum Gasteiger partial charge on any atom is -0.505 e. The van der Waals surface area contributed by atoms with E-state index in [4.69, 9.17) is 19.0 Å². The van der Waals surface area contributed by atoms with Crippen LogP contribution < -0.4 is 10.2 Å². The molecular weight excluding hydrogens is 428 g/mol. The molecule has 0 unspecified atom stereocenters. The molecule has 1 aromatic heterocycles. The molecule has 0 saturated carbocycles. The van der Waals surface area contributed by atoms with Gasteiger partial charge in [0.2, 0.25) is 17.3 Å². The summed E-state index contributed by atoms with van der Waals surface area (Å²) in [5.74, 6) is -8.60. The average molecular weight is 442 g/mol. The Morgan fingerprint density at radius 2 is 1.62 bits per heavy atom. The van der Waals surface area contributed by atoms with E-state index in [0.29, 0.717) is 5.56 Å². The number of aliphatic carboxylic acids is 1. The zero-order valence-electron chi connectivity index (χ0n) is 15.8. The Morgan fingerprint density at radius 3 is 2.28 bits per heavy atom. The van der Waals surface area contributed by atoms with Crippen LogP contribution in [0, 0.1) is 0 Å². The maximum Gasteiger partial charge on any atom is 0.353 e. The van der Waals surface area contributed by atoms with E-state index in [1.807, 2.05) is 0 Å². The monoisotopic (exact) mass is 442 g/mol. The Balaban J connectivity index is 1.84. The number of phenols is 2. The highest BCUT2D eigenvalue weighted by Crippen LogP contribution is 2.43. The van der Waals surface area contributed by atoms with E-state index in [1.54, 1.807) is 30.3 Å². The van der Waals surface area contributed by atoms with Gasteiger partial charge in [-0.3, -0.25) is 4.79 Å². The number of benzene rings is 2. The van der Waals surface area contributed by atoms with Crippen LogP contribution in [0.5, 0.6) is 17.2 Å². The molecule has 32 heavy (non-hydrogen) atoms. The summed E-state index contributed by atoms with van der Waals surface area (Å²) in [4.78, 5) is 23.7. The van der Waals surface area contributed by atoms with Gasteiger partial charge in [0, 0.05) is 17.7 Å². The van der Waals surface area contributed by atoms with Gasteiger partial charge in [0.25, 0.3) is 6.10 Å². The van der Waals surface area contributed by atoms with Crippen molar-refractivity contribution in [2.24, 2.45) is 0 Å². The van der Waals surface area contributed by atoms with Crippen molar-refractivity contribution in [3.8, 4) is 28.6 Å². The van der Waals surface area contributed by atoms with Gasteiger partial charge in [-0.15, -0.1) is 0 Å². The number of hydrogen-bond acceptors (Lipinski definition) is 10. The molecule has 0 bridgehead atoms. The fourth-order valence-corrected chi connectivity index (χ4v) is 2.99. The van der Waals surface area contributed by atoms with Crippen LogP contribution in [0.3, 0.4) is 0 Å². The van der Waals surface area contributed by atoms with Crippen LogP contribution in [0.4, 0.5) is 0 Å². The van der Waals surface area contributed by atoms with Gasteiger partial charge >= 0.3 is 11.9 Å². The van der Waals surface area contributed by atoms with Crippen molar-refractivity contribution in [3.05, 3.63) is 75.9 Å². The Hall–Kier alpha value is -4.80. The standard InChI is InChI=1S/C21H14O11/c22-9-6-10(8-4-2-1-3-5-8)30-11-7-12(14(23)15(24)13(9)11)31-21-18(27)16(25)17(26)19(32-21)20(28)29/h1-7,19,23-27H,(H,28,29)/t19-/m0/s1. The second-order valence-electron chi connectivity index (χ2n) is 6.59. The third-order valence-electron chi connectivity index (χ3n) is 4.55. The Bertz CT molecular complexity index is 1370. The smallest absolute Gasteiger partial charge is 0.353 e. The lowest BCUT2D eigenvalue weighted by molar-refractivity contribution is -0.150. The first kappa shape index (κ1) is 20.5. The van der Waals surface area contributed by atoms with Crippen molar-refractivity contribution in [1.29, 1.82) is 0 Å². The van der Waals surface area contributed by atoms with E-state index in [-0.39, 0.29) is 16.7 Å². The molecule has 0 spiro atoms. The normalized spacial score (nSPS) is 16.2. The Kier molecular flexibility index (Phi) is 4.78. The van der Waals surface area contributed by atoms with Gasteiger partial charge in [-0.25, -0.2) is 4.79 Å². The maximum absolute atomic E-state index is 12.5. The number of aromatic hydroxyl groups is 2. The average Bonchev–Trinajstić information content (AvgIpc) is 2.77. The molecule has 0 aliphatic carbocycles. The summed E-state index contributed by atoms with van der Waals surface area (Å²) in [5, 5.41) is 58.6. The van der Waals surface area contributed by atoms with Crippen molar-refractivity contribution in [1.82, 2.24) is 0 Å².